The minimum Gasteiger partial charge on any atom is -0.362 e. The number of hydrogen-bond acceptors (Lipinski definition) is 7. The number of aromatic nitrogens is 7. The van der Waals surface area contributed by atoms with Crippen LogP contribution in [-0.4, -0.2) is 57.5 Å². The van der Waals surface area contributed by atoms with Crippen LogP contribution in [0.3, 0.4) is 0 Å². The lowest BCUT2D eigenvalue weighted by Crippen LogP contribution is -2.63. The first-order valence-corrected chi connectivity index (χ1v) is 13.9. The maximum Gasteiger partial charge on any atom is 0.247 e. The maximum atomic E-state index is 15.5. The molecule has 1 aromatic carbocycles. The van der Waals surface area contributed by atoms with Crippen molar-refractivity contribution in [2.45, 2.75) is 56.1 Å². The number of fused-ring (bicyclic) bond motifs is 1. The molecule has 2 aliphatic heterocycles. The van der Waals surface area contributed by atoms with E-state index in [1.165, 1.54) is 6.33 Å². The number of pyridine rings is 1. The quantitative estimate of drug-likeness (QED) is 0.352. The number of imidazole rings is 1. The molecule has 3 saturated carbocycles. The molecule has 2 bridgehead atoms. The van der Waals surface area contributed by atoms with Crippen LogP contribution in [0.4, 0.5) is 10.2 Å². The van der Waals surface area contributed by atoms with Crippen molar-refractivity contribution < 1.29 is 9.18 Å². The van der Waals surface area contributed by atoms with E-state index in [1.807, 2.05) is 17.0 Å². The highest BCUT2D eigenvalue weighted by atomic mass is 35.5. The largest absolute Gasteiger partial charge is 0.362 e. The van der Waals surface area contributed by atoms with Gasteiger partial charge in [-0.2, -0.15) is 4.68 Å². The minimum atomic E-state index is -0.381. The molecule has 0 radical (unpaired) electrons. The molecule has 202 valence electrons. The van der Waals surface area contributed by atoms with Crippen LogP contribution in [0.2, 0.25) is 5.02 Å². The number of aromatic amines is 1. The minimum absolute atomic E-state index is 0.00764. The van der Waals surface area contributed by atoms with Crippen molar-refractivity contribution >= 4 is 28.9 Å². The van der Waals surface area contributed by atoms with E-state index >= 15 is 4.39 Å². The Morgan fingerprint density at radius 1 is 1.12 bits per heavy atom. The first-order chi connectivity index (χ1) is 19.5. The highest BCUT2D eigenvalue weighted by Gasteiger charge is 2.57. The van der Waals surface area contributed by atoms with Gasteiger partial charge in [-0.1, -0.05) is 11.6 Å². The lowest BCUT2D eigenvalue weighted by molar-refractivity contribution is -0.129. The lowest BCUT2D eigenvalue weighted by Gasteiger charge is -2.62. The van der Waals surface area contributed by atoms with Crippen molar-refractivity contribution in [3.63, 3.8) is 0 Å². The number of carbonyl (C=O) groups is 1. The number of anilines is 1. The standard InChI is InChI=1S/C28H25ClFN9O/c29-17-1-3-22(38-14-33-36-37-38)20(9-17)16-7-18-2-4-23(39(18)24(40)8-16)26-32-13-21(34-26)19-5-6-31-27(25(19)30)35-28-10-15(11-28)12-28/h1,3,5-6,8-9,13-15,18,23H,2,4,7,10-12H2,(H,31,35)(H,32,34)/t15?,18-,23+,28?/m1/s1. The van der Waals surface area contributed by atoms with Crippen molar-refractivity contribution in [3.05, 3.63) is 71.3 Å². The SMILES string of the molecule is O=C1C=C(c2cc(Cl)ccc2-n2cnnn2)C[C@H]2CC[C@@H](c3ncc(-c4ccnc(NC56CC(C5)C6)c4F)[nH]3)N12. The summed E-state index contributed by atoms with van der Waals surface area (Å²) in [5.41, 5.74) is 3.49. The predicted octanol–water partition coefficient (Wildman–Crippen LogP) is 4.72. The molecule has 40 heavy (non-hydrogen) atoms. The van der Waals surface area contributed by atoms with Crippen LogP contribution < -0.4 is 5.32 Å². The second kappa shape index (κ2) is 8.69. The highest BCUT2D eigenvalue weighted by Crippen LogP contribution is 2.58. The molecule has 1 saturated heterocycles. The first-order valence-electron chi connectivity index (χ1n) is 13.5. The molecule has 5 heterocycles. The van der Waals surface area contributed by atoms with Gasteiger partial charge in [0.1, 0.15) is 12.2 Å². The smallest absolute Gasteiger partial charge is 0.247 e. The molecule has 3 aliphatic carbocycles. The Labute approximate surface area is 233 Å². The van der Waals surface area contributed by atoms with E-state index in [9.17, 15) is 4.79 Å². The molecule has 4 aromatic rings. The molecule has 9 rings (SSSR count). The third kappa shape index (κ3) is 3.67. The van der Waals surface area contributed by atoms with Crippen LogP contribution in [0, 0.1) is 11.7 Å². The Morgan fingerprint density at radius 3 is 2.77 bits per heavy atom. The summed E-state index contributed by atoms with van der Waals surface area (Å²) >= 11 is 6.34. The van der Waals surface area contributed by atoms with Crippen LogP contribution in [0.25, 0.3) is 22.5 Å². The van der Waals surface area contributed by atoms with Crippen LogP contribution in [0.5, 0.6) is 0 Å². The fraction of sp³-hybridized carbons (Fsp3) is 0.357. The zero-order chi connectivity index (χ0) is 27.0. The summed E-state index contributed by atoms with van der Waals surface area (Å²) in [7, 11) is 0. The van der Waals surface area contributed by atoms with Gasteiger partial charge in [0, 0.05) is 40.0 Å². The van der Waals surface area contributed by atoms with Crippen molar-refractivity contribution in [1.82, 2.24) is 40.1 Å². The Kier molecular flexibility index (Phi) is 5.16. The zero-order valence-electron chi connectivity index (χ0n) is 21.4. The second-order valence-electron chi connectivity index (χ2n) is 11.4. The highest BCUT2D eigenvalue weighted by molar-refractivity contribution is 6.30. The van der Waals surface area contributed by atoms with E-state index in [0.717, 1.165) is 54.8 Å². The monoisotopic (exact) mass is 557 g/mol. The number of benzene rings is 1. The molecule has 2 atom stereocenters. The molecule has 5 aliphatic rings. The van der Waals surface area contributed by atoms with E-state index in [2.05, 4.69) is 35.8 Å². The van der Waals surface area contributed by atoms with E-state index in [4.69, 9.17) is 11.6 Å². The third-order valence-electron chi connectivity index (χ3n) is 8.92. The normalized spacial score (nSPS) is 26.6. The number of amides is 1. The predicted molar refractivity (Wildman–Crippen MR) is 145 cm³/mol. The third-order valence-corrected chi connectivity index (χ3v) is 9.16. The Balaban J connectivity index is 1.06. The van der Waals surface area contributed by atoms with Gasteiger partial charge in [-0.25, -0.2) is 14.4 Å². The number of H-pyrrole nitrogens is 1. The van der Waals surface area contributed by atoms with Crippen LogP contribution in [0.15, 0.2) is 49.1 Å². The Morgan fingerprint density at radius 2 is 2.00 bits per heavy atom. The van der Waals surface area contributed by atoms with Gasteiger partial charge in [-0.15, -0.1) is 5.10 Å². The van der Waals surface area contributed by atoms with Crippen molar-refractivity contribution in [2.24, 2.45) is 5.92 Å². The summed E-state index contributed by atoms with van der Waals surface area (Å²) in [6, 6.07) is 6.92. The number of rotatable bonds is 6. The summed E-state index contributed by atoms with van der Waals surface area (Å²) in [5, 5.41) is 15.4. The van der Waals surface area contributed by atoms with Gasteiger partial charge in [0.25, 0.3) is 0 Å². The molecule has 0 spiro atoms. The van der Waals surface area contributed by atoms with Gasteiger partial charge < -0.3 is 15.2 Å². The van der Waals surface area contributed by atoms with Crippen LogP contribution >= 0.6 is 11.6 Å². The van der Waals surface area contributed by atoms with Gasteiger partial charge >= 0.3 is 0 Å². The Bertz CT molecular complexity index is 1670. The average Bonchev–Trinajstić information content (AvgIpc) is 3.67. The van der Waals surface area contributed by atoms with Gasteiger partial charge in [0.2, 0.25) is 5.91 Å². The lowest BCUT2D eigenvalue weighted by atomic mass is 9.50. The van der Waals surface area contributed by atoms with E-state index in [1.54, 1.807) is 35.3 Å². The fourth-order valence-corrected chi connectivity index (χ4v) is 7.08. The molecular formula is C28H25ClFN9O. The molecule has 0 unspecified atom stereocenters. The number of nitrogens with one attached hydrogen (secondary N) is 2. The van der Waals surface area contributed by atoms with E-state index in [0.29, 0.717) is 34.3 Å². The van der Waals surface area contributed by atoms with Crippen LogP contribution in [-0.2, 0) is 4.79 Å². The summed E-state index contributed by atoms with van der Waals surface area (Å²) in [6.45, 7) is 0. The molecule has 12 heteroatoms. The molecule has 4 fully saturated rings. The topological polar surface area (TPSA) is 118 Å². The molecule has 10 nitrogen and oxygen atoms in total. The zero-order valence-corrected chi connectivity index (χ0v) is 22.1. The maximum absolute atomic E-state index is 15.5. The number of halogens is 2. The number of nitrogens with zero attached hydrogens (tertiary/aromatic N) is 7. The van der Waals surface area contributed by atoms with Gasteiger partial charge in [-0.3, -0.25) is 4.79 Å². The number of carbonyl (C=O) groups excluding carboxylic acids is 1. The van der Waals surface area contributed by atoms with Gasteiger partial charge in [-0.05, 0) is 84.7 Å². The molecule has 1 amide bonds. The molecular weight excluding hydrogens is 533 g/mol. The van der Waals surface area contributed by atoms with Crippen molar-refractivity contribution in [3.8, 4) is 16.9 Å². The van der Waals surface area contributed by atoms with Gasteiger partial charge in [0.05, 0.1) is 23.6 Å². The Hall–Kier alpha value is -4.12. The van der Waals surface area contributed by atoms with Gasteiger partial charge in [0.15, 0.2) is 11.6 Å². The molecule has 3 aromatic heterocycles. The van der Waals surface area contributed by atoms with E-state index < -0.39 is 0 Å². The van der Waals surface area contributed by atoms with Crippen molar-refractivity contribution in [2.75, 3.05) is 5.32 Å². The van der Waals surface area contributed by atoms with Crippen LogP contribution in [0.1, 0.15) is 56.0 Å². The summed E-state index contributed by atoms with van der Waals surface area (Å²) in [5.74, 6) is 1.26. The fourth-order valence-electron chi connectivity index (χ4n) is 6.91. The first kappa shape index (κ1) is 23.7. The number of tetrazole rings is 1. The molecule has 2 N–H and O–H groups in total. The average molecular weight is 558 g/mol. The summed E-state index contributed by atoms with van der Waals surface area (Å²) in [4.78, 5) is 27.6. The van der Waals surface area contributed by atoms with Crippen molar-refractivity contribution in [1.29, 1.82) is 0 Å². The summed E-state index contributed by atoms with van der Waals surface area (Å²) < 4.78 is 17.1. The summed E-state index contributed by atoms with van der Waals surface area (Å²) in [6.07, 6.45) is 12.0. The van der Waals surface area contributed by atoms with E-state index in [-0.39, 0.29) is 29.3 Å². The number of hydrogen-bond donors (Lipinski definition) is 2. The second-order valence-corrected chi connectivity index (χ2v) is 11.8.